The first-order chi connectivity index (χ1) is 8.58. The van der Waals surface area contributed by atoms with Crippen molar-refractivity contribution in [3.63, 3.8) is 0 Å². The van der Waals surface area contributed by atoms with Crippen LogP contribution in [0.25, 0.3) is 0 Å². The number of nitrogens with one attached hydrogen (secondary N) is 1. The molecule has 1 N–H and O–H groups in total. The SMILES string of the molecule is CNc1cc(C)nc(Cc2ccc(Cl)c(Cl)c2)n1. The first-order valence-electron chi connectivity index (χ1n) is 5.54. The third kappa shape index (κ3) is 3.12. The lowest BCUT2D eigenvalue weighted by atomic mass is 10.1. The van der Waals surface area contributed by atoms with Crippen molar-refractivity contribution in [3.05, 3.63) is 51.4 Å². The molecule has 1 aromatic heterocycles. The Morgan fingerprint density at radius 2 is 1.89 bits per heavy atom. The molecule has 1 aromatic carbocycles. The highest BCUT2D eigenvalue weighted by Gasteiger charge is 2.05. The molecular weight excluding hydrogens is 269 g/mol. The van der Waals surface area contributed by atoms with E-state index in [0.29, 0.717) is 16.5 Å². The Morgan fingerprint density at radius 1 is 1.11 bits per heavy atom. The number of hydrogen-bond acceptors (Lipinski definition) is 3. The van der Waals surface area contributed by atoms with E-state index in [1.54, 1.807) is 6.07 Å². The predicted octanol–water partition coefficient (Wildman–Crippen LogP) is 3.72. The Morgan fingerprint density at radius 3 is 2.56 bits per heavy atom. The minimum atomic E-state index is 0.552. The van der Waals surface area contributed by atoms with Gasteiger partial charge in [0.2, 0.25) is 0 Å². The maximum atomic E-state index is 5.98. The van der Waals surface area contributed by atoms with Crippen LogP contribution >= 0.6 is 23.2 Å². The van der Waals surface area contributed by atoms with Crippen molar-refractivity contribution in [2.75, 3.05) is 12.4 Å². The van der Waals surface area contributed by atoms with Crippen LogP contribution < -0.4 is 5.32 Å². The predicted molar refractivity (Wildman–Crippen MR) is 75.6 cm³/mol. The summed E-state index contributed by atoms with van der Waals surface area (Å²) in [6.45, 7) is 1.95. The first kappa shape index (κ1) is 13.1. The molecule has 0 aliphatic heterocycles. The van der Waals surface area contributed by atoms with E-state index in [-0.39, 0.29) is 0 Å². The molecule has 0 saturated heterocycles. The summed E-state index contributed by atoms with van der Waals surface area (Å²) in [6.07, 6.45) is 0.632. The van der Waals surface area contributed by atoms with Crippen molar-refractivity contribution in [1.29, 1.82) is 0 Å². The summed E-state index contributed by atoms with van der Waals surface area (Å²) in [5.74, 6) is 1.58. The monoisotopic (exact) mass is 281 g/mol. The van der Waals surface area contributed by atoms with Crippen molar-refractivity contribution >= 4 is 29.0 Å². The fourth-order valence-corrected chi connectivity index (χ4v) is 1.99. The van der Waals surface area contributed by atoms with Crippen LogP contribution in [0.4, 0.5) is 5.82 Å². The molecule has 0 saturated carbocycles. The Labute approximate surface area is 116 Å². The summed E-state index contributed by atoms with van der Waals surface area (Å²) in [7, 11) is 1.84. The lowest BCUT2D eigenvalue weighted by Crippen LogP contribution is -2.02. The highest BCUT2D eigenvalue weighted by Crippen LogP contribution is 2.23. The molecular formula is C13H13Cl2N3. The minimum absolute atomic E-state index is 0.552. The van der Waals surface area contributed by atoms with Crippen LogP contribution in [0.2, 0.25) is 10.0 Å². The van der Waals surface area contributed by atoms with Gasteiger partial charge in [-0.15, -0.1) is 0 Å². The average Bonchev–Trinajstić information content (AvgIpc) is 2.33. The van der Waals surface area contributed by atoms with Gasteiger partial charge in [0.05, 0.1) is 10.0 Å². The lowest BCUT2D eigenvalue weighted by Gasteiger charge is -2.06. The maximum absolute atomic E-state index is 5.98. The topological polar surface area (TPSA) is 37.8 Å². The van der Waals surface area contributed by atoms with Crippen molar-refractivity contribution in [2.45, 2.75) is 13.3 Å². The lowest BCUT2D eigenvalue weighted by molar-refractivity contribution is 0.944. The van der Waals surface area contributed by atoms with E-state index in [1.165, 1.54) is 0 Å². The zero-order valence-electron chi connectivity index (χ0n) is 10.2. The summed E-state index contributed by atoms with van der Waals surface area (Å²) in [6, 6.07) is 7.46. The first-order valence-corrected chi connectivity index (χ1v) is 6.30. The molecule has 0 radical (unpaired) electrons. The van der Waals surface area contributed by atoms with E-state index in [1.807, 2.05) is 32.2 Å². The standard InChI is InChI=1S/C13H13Cl2N3/c1-8-5-12(16-2)18-13(17-8)7-9-3-4-10(14)11(15)6-9/h3-6H,7H2,1-2H3,(H,16,17,18). The molecule has 0 spiro atoms. The van der Waals surface area contributed by atoms with Gasteiger partial charge in [-0.3, -0.25) is 0 Å². The summed E-state index contributed by atoms with van der Waals surface area (Å²) in [5.41, 5.74) is 1.97. The Hall–Kier alpha value is -1.32. The van der Waals surface area contributed by atoms with E-state index < -0.39 is 0 Å². The van der Waals surface area contributed by atoms with Gasteiger partial charge in [0.1, 0.15) is 11.6 Å². The van der Waals surface area contributed by atoms with Gasteiger partial charge in [-0.1, -0.05) is 29.3 Å². The van der Waals surface area contributed by atoms with Crippen LogP contribution in [-0.4, -0.2) is 17.0 Å². The molecule has 0 amide bonds. The van der Waals surface area contributed by atoms with Gasteiger partial charge in [-0.05, 0) is 24.6 Å². The van der Waals surface area contributed by atoms with Gasteiger partial charge in [-0.25, -0.2) is 9.97 Å². The molecule has 0 atom stereocenters. The Bertz CT molecular complexity index is 570. The number of rotatable bonds is 3. The summed E-state index contributed by atoms with van der Waals surface area (Å²) >= 11 is 11.9. The largest absolute Gasteiger partial charge is 0.373 e. The molecule has 2 aromatic rings. The highest BCUT2D eigenvalue weighted by molar-refractivity contribution is 6.42. The molecule has 94 valence electrons. The van der Waals surface area contributed by atoms with Crippen LogP contribution in [0.15, 0.2) is 24.3 Å². The minimum Gasteiger partial charge on any atom is -0.373 e. The number of benzene rings is 1. The van der Waals surface area contributed by atoms with E-state index in [9.17, 15) is 0 Å². The van der Waals surface area contributed by atoms with Crippen molar-refractivity contribution in [3.8, 4) is 0 Å². The Kier molecular flexibility index (Phi) is 4.04. The smallest absolute Gasteiger partial charge is 0.135 e. The van der Waals surface area contributed by atoms with E-state index in [2.05, 4.69) is 15.3 Å². The number of aromatic nitrogens is 2. The van der Waals surface area contributed by atoms with E-state index in [0.717, 1.165) is 22.9 Å². The van der Waals surface area contributed by atoms with Crippen LogP contribution in [0.1, 0.15) is 17.1 Å². The molecule has 0 aliphatic rings. The molecule has 3 nitrogen and oxygen atoms in total. The number of hydrogen-bond donors (Lipinski definition) is 1. The molecule has 2 rings (SSSR count). The van der Waals surface area contributed by atoms with Gasteiger partial charge >= 0.3 is 0 Å². The second kappa shape index (κ2) is 5.55. The number of aryl methyl sites for hydroxylation is 1. The normalized spacial score (nSPS) is 10.4. The zero-order chi connectivity index (χ0) is 13.1. The molecule has 0 unspecified atom stereocenters. The number of nitrogens with zero attached hydrogens (tertiary/aromatic N) is 2. The zero-order valence-corrected chi connectivity index (χ0v) is 11.7. The maximum Gasteiger partial charge on any atom is 0.135 e. The second-order valence-electron chi connectivity index (χ2n) is 3.99. The van der Waals surface area contributed by atoms with Gasteiger partial charge in [0.25, 0.3) is 0 Å². The third-order valence-electron chi connectivity index (χ3n) is 2.50. The molecule has 0 bridgehead atoms. The average molecular weight is 282 g/mol. The van der Waals surface area contributed by atoms with Crippen LogP contribution in [0.3, 0.4) is 0 Å². The molecule has 5 heteroatoms. The number of halogens is 2. The van der Waals surface area contributed by atoms with Crippen molar-refractivity contribution in [1.82, 2.24) is 9.97 Å². The van der Waals surface area contributed by atoms with Crippen molar-refractivity contribution in [2.24, 2.45) is 0 Å². The van der Waals surface area contributed by atoms with Gasteiger partial charge < -0.3 is 5.32 Å². The molecule has 1 heterocycles. The summed E-state index contributed by atoms with van der Waals surface area (Å²) < 4.78 is 0. The second-order valence-corrected chi connectivity index (χ2v) is 4.80. The van der Waals surface area contributed by atoms with Crippen molar-refractivity contribution < 1.29 is 0 Å². The fourth-order valence-electron chi connectivity index (χ4n) is 1.67. The van der Waals surface area contributed by atoms with E-state index >= 15 is 0 Å². The van der Waals surface area contributed by atoms with Crippen LogP contribution in [0.5, 0.6) is 0 Å². The third-order valence-corrected chi connectivity index (χ3v) is 3.24. The van der Waals surface area contributed by atoms with Gasteiger partial charge in [0, 0.05) is 25.2 Å². The van der Waals surface area contributed by atoms with Crippen LogP contribution in [0, 0.1) is 6.92 Å². The van der Waals surface area contributed by atoms with Crippen LogP contribution in [-0.2, 0) is 6.42 Å². The molecule has 18 heavy (non-hydrogen) atoms. The van der Waals surface area contributed by atoms with Gasteiger partial charge in [0.15, 0.2) is 0 Å². The molecule has 0 aliphatic carbocycles. The fraction of sp³-hybridized carbons (Fsp3) is 0.231. The highest BCUT2D eigenvalue weighted by atomic mass is 35.5. The quantitative estimate of drug-likeness (QED) is 0.932. The van der Waals surface area contributed by atoms with E-state index in [4.69, 9.17) is 23.2 Å². The molecule has 0 fully saturated rings. The van der Waals surface area contributed by atoms with Gasteiger partial charge in [-0.2, -0.15) is 0 Å². The summed E-state index contributed by atoms with van der Waals surface area (Å²) in [4.78, 5) is 8.80. The Balaban J connectivity index is 2.27. The summed E-state index contributed by atoms with van der Waals surface area (Å²) in [5, 5.41) is 4.12. The number of anilines is 1.